The fourth-order valence-electron chi connectivity index (χ4n) is 2.76. The van der Waals surface area contributed by atoms with Gasteiger partial charge in [-0.05, 0) is 31.2 Å². The number of nitrogens with zero attached hydrogens (tertiary/aromatic N) is 5. The van der Waals surface area contributed by atoms with Crippen LogP contribution in [0.2, 0.25) is 5.02 Å². The van der Waals surface area contributed by atoms with E-state index in [1.54, 1.807) is 28.8 Å². The Morgan fingerprint density at radius 1 is 1.20 bits per heavy atom. The second-order valence-electron chi connectivity index (χ2n) is 6.13. The molecule has 0 aliphatic rings. The summed E-state index contributed by atoms with van der Waals surface area (Å²) in [6.07, 6.45) is -2.95. The van der Waals surface area contributed by atoms with Crippen molar-refractivity contribution in [3.05, 3.63) is 62.1 Å². The molecule has 0 bridgehead atoms. The Balaban J connectivity index is 1.78. The predicted molar refractivity (Wildman–Crippen MR) is 110 cm³/mol. The molecule has 0 N–H and O–H groups in total. The highest BCUT2D eigenvalue weighted by Gasteiger charge is 2.33. The molecule has 0 radical (unpaired) electrons. The van der Waals surface area contributed by atoms with Gasteiger partial charge in [-0.3, -0.25) is 9.36 Å². The number of aryl methyl sites for hydroxylation is 1. The largest absolute Gasteiger partial charge is 0.434 e. The van der Waals surface area contributed by atoms with Gasteiger partial charge in [0.05, 0.1) is 17.8 Å². The van der Waals surface area contributed by atoms with Crippen LogP contribution in [0.25, 0.3) is 16.9 Å². The van der Waals surface area contributed by atoms with Gasteiger partial charge in [0, 0.05) is 16.9 Å². The zero-order valence-corrected chi connectivity index (χ0v) is 17.7. The first-order chi connectivity index (χ1) is 14.3. The summed E-state index contributed by atoms with van der Waals surface area (Å²) in [5.74, 6) is 0.131. The molecule has 0 unspecified atom stereocenters. The van der Waals surface area contributed by atoms with Gasteiger partial charge < -0.3 is 4.57 Å². The van der Waals surface area contributed by atoms with Crippen molar-refractivity contribution < 1.29 is 13.2 Å². The van der Waals surface area contributed by atoms with Gasteiger partial charge in [0.2, 0.25) is 0 Å². The molecular formula is C18H13ClF3N5OS2. The number of halogens is 4. The first kappa shape index (κ1) is 20.9. The maximum absolute atomic E-state index is 13.1. The molecule has 1 aromatic carbocycles. The molecule has 0 aliphatic heterocycles. The summed E-state index contributed by atoms with van der Waals surface area (Å²) in [6.45, 7) is 2.47. The van der Waals surface area contributed by atoms with Gasteiger partial charge in [-0.25, -0.2) is 15.0 Å². The minimum Gasteiger partial charge on any atom is -0.315 e. The fourth-order valence-corrected chi connectivity index (χ4v) is 4.70. The molecule has 156 valence electrons. The Kier molecular flexibility index (Phi) is 5.60. The summed E-state index contributed by atoms with van der Waals surface area (Å²) >= 11 is 8.00. The summed E-state index contributed by atoms with van der Waals surface area (Å²) < 4.78 is 41.6. The first-order valence-corrected chi connectivity index (χ1v) is 10.9. The quantitative estimate of drug-likeness (QED) is 0.302. The molecule has 0 aliphatic carbocycles. The second kappa shape index (κ2) is 8.05. The normalized spacial score (nSPS) is 12.0. The number of benzene rings is 1. The van der Waals surface area contributed by atoms with Crippen LogP contribution in [0, 0.1) is 0 Å². The number of thiazole rings is 1. The van der Waals surface area contributed by atoms with Crippen LogP contribution in [0.4, 0.5) is 13.2 Å². The summed E-state index contributed by atoms with van der Waals surface area (Å²) in [5.41, 5.74) is -0.129. The SMILES string of the molecule is CCn1cnc2c(=O)n(-c3ccc(Cl)cc3)c(SCc3nc(C(F)(F)F)cs3)nc21. The van der Waals surface area contributed by atoms with Crippen molar-refractivity contribution in [1.29, 1.82) is 0 Å². The summed E-state index contributed by atoms with van der Waals surface area (Å²) in [6, 6.07) is 6.62. The fraction of sp³-hybridized carbons (Fsp3) is 0.222. The lowest BCUT2D eigenvalue weighted by atomic mass is 10.3. The van der Waals surface area contributed by atoms with Crippen molar-refractivity contribution in [2.45, 2.75) is 30.6 Å². The van der Waals surface area contributed by atoms with Crippen molar-refractivity contribution in [3.8, 4) is 5.69 Å². The molecule has 0 amide bonds. The average molecular weight is 472 g/mol. The zero-order chi connectivity index (χ0) is 21.5. The molecule has 0 spiro atoms. The number of alkyl halides is 3. The number of hydrogen-bond acceptors (Lipinski definition) is 6. The first-order valence-electron chi connectivity index (χ1n) is 8.66. The highest BCUT2D eigenvalue weighted by atomic mass is 35.5. The van der Waals surface area contributed by atoms with Gasteiger partial charge in [-0.15, -0.1) is 11.3 Å². The van der Waals surface area contributed by atoms with Crippen LogP contribution in [0.5, 0.6) is 0 Å². The number of hydrogen-bond donors (Lipinski definition) is 0. The van der Waals surface area contributed by atoms with Crippen molar-refractivity contribution in [1.82, 2.24) is 24.1 Å². The molecule has 3 aromatic heterocycles. The lowest BCUT2D eigenvalue weighted by molar-refractivity contribution is -0.140. The molecule has 4 rings (SSSR count). The van der Waals surface area contributed by atoms with Gasteiger partial charge in [0.1, 0.15) is 5.01 Å². The van der Waals surface area contributed by atoms with Gasteiger partial charge in [0.15, 0.2) is 22.0 Å². The Morgan fingerprint density at radius 2 is 1.93 bits per heavy atom. The Labute approximate surface area is 181 Å². The van der Waals surface area contributed by atoms with Crippen molar-refractivity contribution in [2.75, 3.05) is 0 Å². The van der Waals surface area contributed by atoms with E-state index in [0.29, 0.717) is 28.1 Å². The van der Waals surface area contributed by atoms with Gasteiger partial charge in [-0.1, -0.05) is 23.4 Å². The van der Waals surface area contributed by atoms with Crippen LogP contribution in [-0.4, -0.2) is 24.1 Å². The minimum absolute atomic E-state index is 0.131. The van der Waals surface area contributed by atoms with Crippen molar-refractivity contribution in [2.24, 2.45) is 0 Å². The number of aromatic nitrogens is 5. The van der Waals surface area contributed by atoms with Crippen molar-refractivity contribution in [3.63, 3.8) is 0 Å². The third-order valence-electron chi connectivity index (χ3n) is 4.20. The third kappa shape index (κ3) is 3.96. The lowest BCUT2D eigenvalue weighted by Gasteiger charge is -2.12. The lowest BCUT2D eigenvalue weighted by Crippen LogP contribution is -2.22. The van der Waals surface area contributed by atoms with Crippen LogP contribution >= 0.6 is 34.7 Å². The Hall–Kier alpha value is -2.37. The Bertz CT molecular complexity index is 1260. The van der Waals surface area contributed by atoms with Gasteiger partial charge >= 0.3 is 6.18 Å². The van der Waals surface area contributed by atoms with Crippen LogP contribution < -0.4 is 5.56 Å². The van der Waals surface area contributed by atoms with E-state index in [1.807, 2.05) is 6.92 Å². The van der Waals surface area contributed by atoms with E-state index in [0.717, 1.165) is 28.5 Å². The molecule has 6 nitrogen and oxygen atoms in total. The number of fused-ring (bicyclic) bond motifs is 1. The molecular weight excluding hydrogens is 459 g/mol. The second-order valence-corrected chi connectivity index (χ2v) is 8.45. The van der Waals surface area contributed by atoms with Gasteiger partial charge in [-0.2, -0.15) is 13.2 Å². The standard InChI is InChI=1S/C18H13ClF3N5OS2/c1-2-26-9-23-14-15(26)25-17(27(16(14)28)11-5-3-10(19)4-6-11)30-8-13-24-12(7-29-13)18(20,21)22/h3-7,9H,2,8H2,1H3. The third-order valence-corrected chi connectivity index (χ3v) is 6.43. The van der Waals surface area contributed by atoms with Crippen LogP contribution in [0.1, 0.15) is 17.6 Å². The minimum atomic E-state index is -4.49. The number of imidazole rings is 1. The molecule has 0 saturated carbocycles. The maximum Gasteiger partial charge on any atom is 0.434 e. The smallest absolute Gasteiger partial charge is 0.315 e. The highest BCUT2D eigenvalue weighted by molar-refractivity contribution is 7.98. The monoisotopic (exact) mass is 471 g/mol. The summed E-state index contributed by atoms with van der Waals surface area (Å²) in [7, 11) is 0. The van der Waals surface area contributed by atoms with Crippen LogP contribution in [-0.2, 0) is 18.5 Å². The van der Waals surface area contributed by atoms with E-state index in [-0.39, 0.29) is 21.8 Å². The van der Waals surface area contributed by atoms with Crippen LogP contribution in [0.15, 0.2) is 45.9 Å². The van der Waals surface area contributed by atoms with E-state index in [2.05, 4.69) is 15.0 Å². The topological polar surface area (TPSA) is 65.6 Å². The van der Waals surface area contributed by atoms with E-state index >= 15 is 0 Å². The molecule has 0 atom stereocenters. The summed E-state index contributed by atoms with van der Waals surface area (Å²) in [4.78, 5) is 25.6. The molecule has 0 saturated heterocycles. The number of thioether (sulfide) groups is 1. The van der Waals surface area contributed by atoms with E-state index in [9.17, 15) is 18.0 Å². The van der Waals surface area contributed by atoms with Crippen molar-refractivity contribution >= 4 is 45.9 Å². The van der Waals surface area contributed by atoms with Crippen LogP contribution in [0.3, 0.4) is 0 Å². The highest BCUT2D eigenvalue weighted by Crippen LogP contribution is 2.32. The maximum atomic E-state index is 13.1. The molecule has 4 aromatic rings. The molecule has 0 fully saturated rings. The molecule has 30 heavy (non-hydrogen) atoms. The zero-order valence-electron chi connectivity index (χ0n) is 15.4. The van der Waals surface area contributed by atoms with E-state index in [1.165, 1.54) is 10.9 Å². The van der Waals surface area contributed by atoms with E-state index in [4.69, 9.17) is 11.6 Å². The summed E-state index contributed by atoms with van der Waals surface area (Å²) in [5, 5.41) is 2.10. The molecule has 12 heteroatoms. The molecule has 3 heterocycles. The number of rotatable bonds is 5. The Morgan fingerprint density at radius 3 is 2.57 bits per heavy atom. The average Bonchev–Trinajstić information content (AvgIpc) is 3.34. The predicted octanol–water partition coefficient (Wildman–Crippen LogP) is 5.02. The van der Waals surface area contributed by atoms with E-state index < -0.39 is 11.9 Å². The van der Waals surface area contributed by atoms with Gasteiger partial charge in [0.25, 0.3) is 5.56 Å².